The van der Waals surface area contributed by atoms with E-state index in [0.29, 0.717) is 15.7 Å². The second kappa shape index (κ2) is 4.86. The van der Waals surface area contributed by atoms with Gasteiger partial charge in [0.1, 0.15) is 0 Å². The highest BCUT2D eigenvalue weighted by atomic mass is 35.5. The number of rotatable bonds is 2. The smallest absolute Gasteiger partial charge is 0.0870 e. The number of nitrogen functional groups attached to an aromatic ring is 1. The molecule has 0 aliphatic rings. The molecule has 17 heavy (non-hydrogen) atoms. The summed E-state index contributed by atoms with van der Waals surface area (Å²) in [5.41, 5.74) is 9.15. The third-order valence-electron chi connectivity index (χ3n) is 2.37. The maximum atomic E-state index is 6.13. The first-order chi connectivity index (χ1) is 8.06. The van der Waals surface area contributed by atoms with Gasteiger partial charge in [0, 0.05) is 10.7 Å². The lowest BCUT2D eigenvalue weighted by Gasteiger charge is -2.11. The number of anilines is 3. The predicted octanol–water partition coefficient (Wildman–Crippen LogP) is 4.63. The van der Waals surface area contributed by atoms with Crippen LogP contribution >= 0.6 is 23.2 Å². The Bertz CT molecular complexity index is 536. The average Bonchev–Trinajstić information content (AvgIpc) is 2.28. The van der Waals surface area contributed by atoms with Gasteiger partial charge in [-0.3, -0.25) is 0 Å². The third kappa shape index (κ3) is 2.84. The Morgan fingerprint density at radius 3 is 2.35 bits per heavy atom. The average molecular weight is 267 g/mol. The van der Waals surface area contributed by atoms with Crippen molar-refractivity contribution in [3.05, 3.63) is 52.0 Å². The van der Waals surface area contributed by atoms with Crippen LogP contribution < -0.4 is 11.1 Å². The van der Waals surface area contributed by atoms with Crippen LogP contribution in [-0.2, 0) is 0 Å². The maximum absolute atomic E-state index is 6.13. The quantitative estimate of drug-likeness (QED) is 0.778. The molecule has 0 unspecified atom stereocenters. The molecule has 0 amide bonds. The molecule has 0 atom stereocenters. The summed E-state index contributed by atoms with van der Waals surface area (Å²) in [6.07, 6.45) is 0. The zero-order valence-corrected chi connectivity index (χ0v) is 10.8. The maximum Gasteiger partial charge on any atom is 0.0870 e. The van der Waals surface area contributed by atoms with Gasteiger partial charge in [0.2, 0.25) is 0 Å². The highest BCUT2D eigenvalue weighted by molar-refractivity contribution is 6.36. The lowest BCUT2D eigenvalue weighted by Crippen LogP contribution is -1.95. The van der Waals surface area contributed by atoms with E-state index < -0.39 is 0 Å². The molecule has 0 aliphatic carbocycles. The number of hydrogen-bond acceptors (Lipinski definition) is 2. The van der Waals surface area contributed by atoms with Crippen molar-refractivity contribution >= 4 is 40.3 Å². The van der Waals surface area contributed by atoms with E-state index in [2.05, 4.69) is 5.32 Å². The molecule has 2 aromatic rings. The SMILES string of the molecule is Cc1cc(N)c(Cl)c(Nc2ccc(Cl)cc2)c1. The highest BCUT2D eigenvalue weighted by Crippen LogP contribution is 2.32. The summed E-state index contributed by atoms with van der Waals surface area (Å²) in [6.45, 7) is 1.97. The molecule has 2 rings (SSSR count). The van der Waals surface area contributed by atoms with Gasteiger partial charge in [-0.05, 0) is 48.9 Å². The molecule has 0 fully saturated rings. The molecule has 0 aromatic heterocycles. The number of aryl methyl sites for hydroxylation is 1. The zero-order chi connectivity index (χ0) is 12.4. The largest absolute Gasteiger partial charge is 0.397 e. The Morgan fingerprint density at radius 1 is 1.06 bits per heavy atom. The van der Waals surface area contributed by atoms with Crippen molar-refractivity contribution in [3.8, 4) is 0 Å². The minimum atomic E-state index is 0.533. The van der Waals surface area contributed by atoms with Crippen LogP contribution in [0.25, 0.3) is 0 Å². The lowest BCUT2D eigenvalue weighted by atomic mass is 10.2. The Balaban J connectivity index is 2.32. The summed E-state index contributed by atoms with van der Waals surface area (Å²) in [5.74, 6) is 0. The van der Waals surface area contributed by atoms with Gasteiger partial charge in [-0.15, -0.1) is 0 Å². The van der Waals surface area contributed by atoms with Crippen molar-refractivity contribution in [2.75, 3.05) is 11.1 Å². The van der Waals surface area contributed by atoms with E-state index in [-0.39, 0.29) is 0 Å². The normalized spacial score (nSPS) is 10.3. The van der Waals surface area contributed by atoms with E-state index in [0.717, 1.165) is 16.9 Å². The van der Waals surface area contributed by atoms with Crippen LogP contribution in [0.3, 0.4) is 0 Å². The van der Waals surface area contributed by atoms with Gasteiger partial charge < -0.3 is 11.1 Å². The van der Waals surface area contributed by atoms with Gasteiger partial charge in [0.15, 0.2) is 0 Å². The van der Waals surface area contributed by atoms with Gasteiger partial charge >= 0.3 is 0 Å². The van der Waals surface area contributed by atoms with Crippen molar-refractivity contribution in [2.24, 2.45) is 0 Å². The topological polar surface area (TPSA) is 38.0 Å². The number of hydrogen-bond donors (Lipinski definition) is 2. The predicted molar refractivity (Wildman–Crippen MR) is 75.3 cm³/mol. The van der Waals surface area contributed by atoms with Gasteiger partial charge in [-0.1, -0.05) is 23.2 Å². The van der Waals surface area contributed by atoms with Crippen molar-refractivity contribution in [3.63, 3.8) is 0 Å². The summed E-state index contributed by atoms with van der Waals surface area (Å²) < 4.78 is 0. The molecule has 2 aromatic carbocycles. The summed E-state index contributed by atoms with van der Waals surface area (Å²) in [6, 6.07) is 11.2. The molecule has 88 valence electrons. The van der Waals surface area contributed by atoms with E-state index in [1.54, 1.807) is 0 Å². The number of nitrogens with two attached hydrogens (primary N) is 1. The first-order valence-corrected chi connectivity index (χ1v) is 5.90. The van der Waals surface area contributed by atoms with Crippen molar-refractivity contribution in [1.29, 1.82) is 0 Å². The molecule has 0 radical (unpaired) electrons. The molecule has 3 N–H and O–H groups in total. The van der Waals surface area contributed by atoms with Crippen LogP contribution in [-0.4, -0.2) is 0 Å². The first-order valence-electron chi connectivity index (χ1n) is 5.14. The Kier molecular flexibility index (Phi) is 3.46. The fraction of sp³-hybridized carbons (Fsp3) is 0.0769. The fourth-order valence-electron chi connectivity index (χ4n) is 1.58. The van der Waals surface area contributed by atoms with E-state index >= 15 is 0 Å². The van der Waals surface area contributed by atoms with Crippen LogP contribution in [0.15, 0.2) is 36.4 Å². The monoisotopic (exact) mass is 266 g/mol. The van der Waals surface area contributed by atoms with Crippen LogP contribution in [0.4, 0.5) is 17.1 Å². The van der Waals surface area contributed by atoms with E-state index in [4.69, 9.17) is 28.9 Å². The number of benzene rings is 2. The summed E-state index contributed by atoms with van der Waals surface area (Å²) in [4.78, 5) is 0. The molecular weight excluding hydrogens is 255 g/mol. The van der Waals surface area contributed by atoms with E-state index in [1.807, 2.05) is 43.3 Å². The zero-order valence-electron chi connectivity index (χ0n) is 9.30. The molecule has 0 saturated carbocycles. The van der Waals surface area contributed by atoms with Crippen LogP contribution in [0.1, 0.15) is 5.56 Å². The van der Waals surface area contributed by atoms with Crippen LogP contribution in [0.2, 0.25) is 10.0 Å². The molecular formula is C13H12Cl2N2. The molecule has 0 saturated heterocycles. The molecule has 0 spiro atoms. The Morgan fingerprint density at radius 2 is 1.71 bits per heavy atom. The molecule has 2 nitrogen and oxygen atoms in total. The fourth-order valence-corrected chi connectivity index (χ4v) is 1.86. The second-order valence-electron chi connectivity index (χ2n) is 3.85. The Labute approximate surface area is 110 Å². The van der Waals surface area contributed by atoms with Gasteiger partial charge in [-0.2, -0.15) is 0 Å². The number of halogens is 2. The molecule has 0 aliphatic heterocycles. The standard InChI is InChI=1S/C13H12Cl2N2/c1-8-6-11(16)13(15)12(7-8)17-10-4-2-9(14)3-5-10/h2-7,17H,16H2,1H3. The summed E-state index contributed by atoms with van der Waals surface area (Å²) in [5, 5.41) is 4.44. The molecule has 0 heterocycles. The minimum Gasteiger partial charge on any atom is -0.397 e. The lowest BCUT2D eigenvalue weighted by molar-refractivity contribution is 1.45. The van der Waals surface area contributed by atoms with Crippen molar-refractivity contribution in [1.82, 2.24) is 0 Å². The van der Waals surface area contributed by atoms with Crippen molar-refractivity contribution in [2.45, 2.75) is 6.92 Å². The third-order valence-corrected chi connectivity index (χ3v) is 3.04. The van der Waals surface area contributed by atoms with E-state index in [1.165, 1.54) is 0 Å². The van der Waals surface area contributed by atoms with E-state index in [9.17, 15) is 0 Å². The van der Waals surface area contributed by atoms with Crippen LogP contribution in [0.5, 0.6) is 0 Å². The van der Waals surface area contributed by atoms with Gasteiger partial charge in [0.05, 0.1) is 16.4 Å². The molecule has 0 bridgehead atoms. The van der Waals surface area contributed by atoms with Crippen molar-refractivity contribution < 1.29 is 0 Å². The first kappa shape index (κ1) is 12.1. The Hall–Kier alpha value is -1.38. The minimum absolute atomic E-state index is 0.533. The van der Waals surface area contributed by atoms with Crippen LogP contribution in [0, 0.1) is 6.92 Å². The second-order valence-corrected chi connectivity index (χ2v) is 4.66. The summed E-state index contributed by atoms with van der Waals surface area (Å²) >= 11 is 12.0. The summed E-state index contributed by atoms with van der Waals surface area (Å²) in [7, 11) is 0. The molecule has 4 heteroatoms. The highest BCUT2D eigenvalue weighted by Gasteiger charge is 2.05. The van der Waals surface area contributed by atoms with Gasteiger partial charge in [0.25, 0.3) is 0 Å². The number of nitrogens with one attached hydrogen (secondary N) is 1. The van der Waals surface area contributed by atoms with Gasteiger partial charge in [-0.25, -0.2) is 0 Å².